The molecule has 2 saturated carbocycles. The van der Waals surface area contributed by atoms with Crippen molar-refractivity contribution in [3.8, 4) is 0 Å². The third kappa shape index (κ3) is 2.66. The number of carbonyl (C=O) groups is 2. The highest BCUT2D eigenvalue weighted by molar-refractivity contribution is 7.87. The Kier molecular flexibility index (Phi) is 4.72. The summed E-state index contributed by atoms with van der Waals surface area (Å²) in [4.78, 5) is 22.7. The fourth-order valence-electron chi connectivity index (χ4n) is 5.51. The van der Waals surface area contributed by atoms with Crippen molar-refractivity contribution in [2.24, 2.45) is 17.3 Å². The maximum Gasteiger partial charge on any atom is 0.325 e. The molecule has 0 aromatic heterocycles. The molecular weight excluding hydrogens is 374 g/mol. The second kappa shape index (κ2) is 6.28. The van der Waals surface area contributed by atoms with Crippen LogP contribution in [0.4, 0.5) is 0 Å². The number of hydrogen-bond donors (Lipinski definition) is 1. The van der Waals surface area contributed by atoms with Gasteiger partial charge in [0.2, 0.25) is 5.91 Å². The fraction of sp³-hybridized carbons (Fsp3) is 0.778. The van der Waals surface area contributed by atoms with Crippen LogP contribution in [0.2, 0.25) is 0 Å². The molecule has 27 heavy (non-hydrogen) atoms. The van der Waals surface area contributed by atoms with Crippen LogP contribution >= 0.6 is 0 Å². The number of carbonyl (C=O) groups excluding carboxylic acids is 2. The maximum atomic E-state index is 12.4. The zero-order chi connectivity index (χ0) is 20.3. The van der Waals surface area contributed by atoms with E-state index in [1.165, 1.54) is 0 Å². The lowest BCUT2D eigenvalue weighted by Gasteiger charge is -2.49. The largest absolute Gasteiger partial charge is 0.462 e. The second-order valence-electron chi connectivity index (χ2n) is 8.18. The van der Waals surface area contributed by atoms with Crippen molar-refractivity contribution < 1.29 is 31.7 Å². The summed E-state index contributed by atoms with van der Waals surface area (Å²) in [6.45, 7) is 11.0. The van der Waals surface area contributed by atoms with Gasteiger partial charge in [-0.25, -0.2) is 0 Å². The number of nitrogens with one attached hydrogen (secondary N) is 1. The minimum Gasteiger partial charge on any atom is -0.462 e. The third-order valence-electron chi connectivity index (χ3n) is 7.23. The van der Waals surface area contributed by atoms with Crippen LogP contribution in [0.15, 0.2) is 12.7 Å². The quantitative estimate of drug-likeness (QED) is 0.290. The van der Waals surface area contributed by atoms with E-state index < -0.39 is 38.4 Å². The number of ether oxygens (including phenoxy) is 2. The molecule has 152 valence electrons. The molecule has 9 heteroatoms. The summed E-state index contributed by atoms with van der Waals surface area (Å²) in [5.41, 5.74) is -2.12. The van der Waals surface area contributed by atoms with Crippen molar-refractivity contribution in [3.05, 3.63) is 12.7 Å². The van der Waals surface area contributed by atoms with E-state index in [2.05, 4.69) is 25.7 Å². The molecule has 0 aromatic rings. The highest BCUT2D eigenvalue weighted by atomic mass is 32.2. The SMILES string of the molecule is C=CC(=O)NCC(=O)OCCOC1(C)C2(C)CC3C(C2C)C1(C)OS3(=O)=O. The summed E-state index contributed by atoms with van der Waals surface area (Å²) < 4.78 is 41.7. The van der Waals surface area contributed by atoms with E-state index in [0.717, 1.165) is 6.08 Å². The first-order chi connectivity index (χ1) is 12.4. The number of hydrogen-bond acceptors (Lipinski definition) is 7. The first kappa shape index (κ1) is 20.3. The van der Waals surface area contributed by atoms with Crippen molar-refractivity contribution in [2.75, 3.05) is 19.8 Å². The molecule has 3 fully saturated rings. The second-order valence-corrected chi connectivity index (χ2v) is 9.94. The van der Waals surface area contributed by atoms with Gasteiger partial charge in [0, 0.05) is 11.3 Å². The highest BCUT2D eigenvalue weighted by Crippen LogP contribution is 2.74. The standard InChI is InChI=1S/C18H27NO7S/c1-6-13(20)19-10-14(21)24-7-8-25-18(5)16(3)9-12-15(11(16)2)17(18,4)26-27(12,22)23/h6,11-12,15H,1,7-10H2,2-5H3,(H,19,20). The van der Waals surface area contributed by atoms with Crippen molar-refractivity contribution >= 4 is 22.0 Å². The molecule has 1 saturated heterocycles. The van der Waals surface area contributed by atoms with Crippen LogP contribution in [-0.2, 0) is 33.4 Å². The van der Waals surface area contributed by atoms with Crippen molar-refractivity contribution in [1.29, 1.82) is 0 Å². The van der Waals surface area contributed by atoms with E-state index in [1.54, 1.807) is 0 Å². The lowest BCUT2D eigenvalue weighted by Crippen LogP contribution is -2.60. The number of rotatable bonds is 7. The zero-order valence-corrected chi connectivity index (χ0v) is 16.9. The minimum absolute atomic E-state index is 0.000229. The molecule has 1 aliphatic heterocycles. The van der Waals surface area contributed by atoms with E-state index in [9.17, 15) is 18.0 Å². The van der Waals surface area contributed by atoms with E-state index in [-0.39, 0.29) is 37.0 Å². The van der Waals surface area contributed by atoms with Crippen molar-refractivity contribution in [1.82, 2.24) is 5.32 Å². The van der Waals surface area contributed by atoms with Crippen molar-refractivity contribution in [2.45, 2.75) is 50.6 Å². The van der Waals surface area contributed by atoms with E-state index in [4.69, 9.17) is 13.7 Å². The maximum absolute atomic E-state index is 12.4. The third-order valence-corrected chi connectivity index (χ3v) is 9.01. The highest BCUT2D eigenvalue weighted by Gasteiger charge is 2.83. The van der Waals surface area contributed by atoms with E-state index >= 15 is 0 Å². The Labute approximate surface area is 159 Å². The van der Waals surface area contributed by atoms with Gasteiger partial charge < -0.3 is 14.8 Å². The van der Waals surface area contributed by atoms with Crippen LogP contribution < -0.4 is 5.32 Å². The van der Waals surface area contributed by atoms with Crippen LogP contribution in [-0.4, -0.2) is 56.5 Å². The molecule has 2 bridgehead atoms. The van der Waals surface area contributed by atoms with Gasteiger partial charge in [-0.1, -0.05) is 20.4 Å². The van der Waals surface area contributed by atoms with E-state index in [0.29, 0.717) is 6.42 Å². The lowest BCUT2D eigenvalue weighted by atomic mass is 9.66. The molecule has 6 atom stereocenters. The Morgan fingerprint density at radius 1 is 1.30 bits per heavy atom. The molecule has 0 aromatic carbocycles. The van der Waals surface area contributed by atoms with Gasteiger partial charge in [-0.05, 0) is 32.3 Å². The van der Waals surface area contributed by atoms with Gasteiger partial charge in [0.25, 0.3) is 10.1 Å². The predicted octanol–water partition coefficient (Wildman–Crippen LogP) is 0.770. The molecule has 1 N–H and O–H groups in total. The molecule has 2 aliphatic carbocycles. The van der Waals surface area contributed by atoms with Gasteiger partial charge in [0.1, 0.15) is 24.4 Å². The summed E-state index contributed by atoms with van der Waals surface area (Å²) in [7, 11) is -3.61. The first-order valence-electron chi connectivity index (χ1n) is 9.07. The van der Waals surface area contributed by atoms with Crippen LogP contribution in [0, 0.1) is 17.3 Å². The molecule has 6 unspecified atom stereocenters. The summed E-state index contributed by atoms with van der Waals surface area (Å²) >= 11 is 0. The summed E-state index contributed by atoms with van der Waals surface area (Å²) in [5.74, 6) is -1.03. The van der Waals surface area contributed by atoms with Crippen LogP contribution in [0.3, 0.4) is 0 Å². The van der Waals surface area contributed by atoms with Gasteiger partial charge in [-0.15, -0.1) is 0 Å². The van der Waals surface area contributed by atoms with Crippen LogP contribution in [0.1, 0.15) is 34.1 Å². The number of fused-ring (bicyclic) bond motifs is 1. The normalized spacial score (nSPS) is 43.5. The van der Waals surface area contributed by atoms with Gasteiger partial charge >= 0.3 is 5.97 Å². The Morgan fingerprint density at radius 2 is 1.96 bits per heavy atom. The Bertz CT molecular complexity index is 781. The summed E-state index contributed by atoms with van der Waals surface area (Å²) in [6.07, 6.45) is 1.57. The summed E-state index contributed by atoms with van der Waals surface area (Å²) in [5, 5.41) is 1.85. The molecule has 8 nitrogen and oxygen atoms in total. The van der Waals surface area contributed by atoms with Gasteiger partial charge in [0.15, 0.2) is 0 Å². The minimum atomic E-state index is -3.61. The van der Waals surface area contributed by atoms with Crippen LogP contribution in [0.25, 0.3) is 0 Å². The predicted molar refractivity (Wildman–Crippen MR) is 96.1 cm³/mol. The lowest BCUT2D eigenvalue weighted by molar-refractivity contribution is -0.198. The average Bonchev–Trinajstić information content (AvgIpc) is 3.02. The number of esters is 1. The van der Waals surface area contributed by atoms with Crippen molar-refractivity contribution in [3.63, 3.8) is 0 Å². The Balaban J connectivity index is 1.63. The van der Waals surface area contributed by atoms with E-state index in [1.807, 2.05) is 13.8 Å². The molecule has 0 spiro atoms. The number of amides is 1. The molecular formula is C18H27NO7S. The fourth-order valence-corrected chi connectivity index (χ4v) is 7.79. The Morgan fingerprint density at radius 3 is 2.59 bits per heavy atom. The van der Waals surface area contributed by atoms with Gasteiger partial charge in [0.05, 0.1) is 11.9 Å². The average molecular weight is 401 g/mol. The van der Waals surface area contributed by atoms with Gasteiger partial charge in [-0.3, -0.25) is 13.8 Å². The van der Waals surface area contributed by atoms with Crippen LogP contribution in [0.5, 0.6) is 0 Å². The molecule has 3 aliphatic rings. The molecule has 1 heterocycles. The molecule has 3 rings (SSSR count). The monoisotopic (exact) mass is 401 g/mol. The Hall–Kier alpha value is -1.45. The smallest absolute Gasteiger partial charge is 0.325 e. The topological polar surface area (TPSA) is 108 Å². The zero-order valence-electron chi connectivity index (χ0n) is 16.1. The molecule has 0 radical (unpaired) electrons. The van der Waals surface area contributed by atoms with Gasteiger partial charge in [-0.2, -0.15) is 8.42 Å². The first-order valence-corrected chi connectivity index (χ1v) is 10.5. The molecule has 1 amide bonds. The summed E-state index contributed by atoms with van der Waals surface area (Å²) in [6, 6.07) is 0.